The molecule has 1 aliphatic rings. The summed E-state index contributed by atoms with van der Waals surface area (Å²) in [6.45, 7) is 4.65. The molecule has 0 saturated carbocycles. The molecular weight excluding hydrogens is 296 g/mol. The van der Waals surface area contributed by atoms with Crippen molar-refractivity contribution in [3.05, 3.63) is 29.8 Å². The number of esters is 1. The molecule has 1 aromatic carbocycles. The van der Waals surface area contributed by atoms with Gasteiger partial charge in [-0.05, 0) is 32.0 Å². The molecule has 0 spiro atoms. The fourth-order valence-electron chi connectivity index (χ4n) is 2.59. The number of benzene rings is 1. The third-order valence-electron chi connectivity index (χ3n) is 3.70. The summed E-state index contributed by atoms with van der Waals surface area (Å²) in [4.78, 5) is 27.9. The van der Waals surface area contributed by atoms with Gasteiger partial charge in [0.05, 0.1) is 17.8 Å². The molecule has 1 aliphatic heterocycles. The van der Waals surface area contributed by atoms with Crippen LogP contribution in [0.5, 0.6) is 0 Å². The zero-order chi connectivity index (χ0) is 17.0. The number of morpholine rings is 1. The summed E-state index contributed by atoms with van der Waals surface area (Å²) in [7, 11) is 3.80. The Kier molecular flexibility index (Phi) is 5.60. The van der Waals surface area contributed by atoms with Crippen molar-refractivity contribution in [3.63, 3.8) is 0 Å². The predicted molar refractivity (Wildman–Crippen MR) is 87.6 cm³/mol. The van der Waals surface area contributed by atoms with Crippen LogP contribution in [0.25, 0.3) is 0 Å². The second-order valence-electron chi connectivity index (χ2n) is 6.08. The lowest BCUT2D eigenvalue weighted by Crippen LogP contribution is -2.49. The van der Waals surface area contributed by atoms with Crippen molar-refractivity contribution >= 4 is 17.6 Å². The summed E-state index contributed by atoms with van der Waals surface area (Å²) in [6, 6.07) is 7.11. The van der Waals surface area contributed by atoms with E-state index in [0.717, 1.165) is 5.69 Å². The lowest BCUT2D eigenvalue weighted by Gasteiger charge is -2.35. The summed E-state index contributed by atoms with van der Waals surface area (Å²) in [6.07, 6.45) is -0.00894. The van der Waals surface area contributed by atoms with Crippen LogP contribution in [0.2, 0.25) is 0 Å². The van der Waals surface area contributed by atoms with E-state index >= 15 is 0 Å². The number of carbonyl (C=O) groups is 2. The molecule has 126 valence electrons. The van der Waals surface area contributed by atoms with Gasteiger partial charge in [-0.2, -0.15) is 0 Å². The molecule has 2 rings (SSSR count). The third-order valence-corrected chi connectivity index (χ3v) is 3.70. The smallest absolute Gasteiger partial charge is 0.338 e. The molecule has 1 fully saturated rings. The number of nitrogens with zero attached hydrogens (tertiary/aromatic N) is 2. The highest BCUT2D eigenvalue weighted by Crippen LogP contribution is 2.15. The lowest BCUT2D eigenvalue weighted by molar-refractivity contribution is -0.146. The van der Waals surface area contributed by atoms with E-state index in [0.29, 0.717) is 18.7 Å². The van der Waals surface area contributed by atoms with Crippen LogP contribution >= 0.6 is 0 Å². The predicted octanol–water partition coefficient (Wildman–Crippen LogP) is 1.55. The fourth-order valence-corrected chi connectivity index (χ4v) is 2.59. The van der Waals surface area contributed by atoms with Gasteiger partial charge in [-0.25, -0.2) is 4.79 Å². The van der Waals surface area contributed by atoms with E-state index in [1.54, 1.807) is 23.1 Å². The van der Waals surface area contributed by atoms with Crippen LogP contribution in [0.15, 0.2) is 24.3 Å². The second kappa shape index (κ2) is 7.46. The summed E-state index contributed by atoms with van der Waals surface area (Å²) in [5.74, 6) is -0.680. The van der Waals surface area contributed by atoms with Gasteiger partial charge < -0.3 is 19.3 Å². The Morgan fingerprint density at radius 1 is 1.26 bits per heavy atom. The van der Waals surface area contributed by atoms with Gasteiger partial charge in [0.15, 0.2) is 6.61 Å². The minimum absolute atomic E-state index is 0.00447. The molecule has 1 heterocycles. The first-order chi connectivity index (χ1) is 10.9. The van der Waals surface area contributed by atoms with Crippen LogP contribution in [-0.4, -0.2) is 62.8 Å². The van der Waals surface area contributed by atoms with Gasteiger partial charge in [0.1, 0.15) is 0 Å². The van der Waals surface area contributed by atoms with Gasteiger partial charge in [0.2, 0.25) is 0 Å². The van der Waals surface area contributed by atoms with Gasteiger partial charge in [-0.3, -0.25) is 4.79 Å². The van der Waals surface area contributed by atoms with E-state index in [1.807, 2.05) is 38.9 Å². The monoisotopic (exact) mass is 320 g/mol. The van der Waals surface area contributed by atoms with E-state index in [9.17, 15) is 9.59 Å². The van der Waals surface area contributed by atoms with Gasteiger partial charge in [0.25, 0.3) is 5.91 Å². The minimum atomic E-state index is -0.489. The van der Waals surface area contributed by atoms with Crippen molar-refractivity contribution in [2.75, 3.05) is 38.7 Å². The van der Waals surface area contributed by atoms with E-state index in [-0.39, 0.29) is 24.7 Å². The van der Waals surface area contributed by atoms with Crippen LogP contribution in [0.3, 0.4) is 0 Å². The minimum Gasteiger partial charge on any atom is -0.452 e. The van der Waals surface area contributed by atoms with Gasteiger partial charge >= 0.3 is 5.97 Å². The molecule has 1 aromatic rings. The molecule has 1 amide bonds. The van der Waals surface area contributed by atoms with Crippen LogP contribution in [0, 0.1) is 0 Å². The van der Waals surface area contributed by atoms with E-state index < -0.39 is 5.97 Å². The molecule has 2 atom stereocenters. The van der Waals surface area contributed by atoms with E-state index in [2.05, 4.69) is 0 Å². The maximum absolute atomic E-state index is 12.2. The standard InChI is InChI=1S/C17H24N2O4/c1-12-9-19(10-13(2)23-12)16(20)11-22-17(21)14-6-5-7-15(8-14)18(3)4/h5-8,12-13H,9-11H2,1-4H3. The zero-order valence-corrected chi connectivity index (χ0v) is 14.1. The highest BCUT2D eigenvalue weighted by atomic mass is 16.5. The topological polar surface area (TPSA) is 59.1 Å². The van der Waals surface area contributed by atoms with Crippen LogP contribution in [0.4, 0.5) is 5.69 Å². The Labute approximate surface area is 137 Å². The normalized spacial score (nSPS) is 21.0. The number of hydrogen-bond donors (Lipinski definition) is 0. The molecule has 6 nitrogen and oxygen atoms in total. The number of ether oxygens (including phenoxy) is 2. The van der Waals surface area contributed by atoms with Crippen molar-refractivity contribution in [3.8, 4) is 0 Å². The molecule has 2 unspecified atom stereocenters. The summed E-state index contributed by atoms with van der Waals surface area (Å²) in [5.41, 5.74) is 1.34. The largest absolute Gasteiger partial charge is 0.452 e. The highest BCUT2D eigenvalue weighted by Gasteiger charge is 2.26. The molecule has 23 heavy (non-hydrogen) atoms. The number of amides is 1. The summed E-state index contributed by atoms with van der Waals surface area (Å²) < 4.78 is 10.7. The molecule has 0 aromatic heterocycles. The average molecular weight is 320 g/mol. The maximum atomic E-state index is 12.2. The van der Waals surface area contributed by atoms with Crippen LogP contribution < -0.4 is 4.90 Å². The fraction of sp³-hybridized carbons (Fsp3) is 0.529. The van der Waals surface area contributed by atoms with Crippen molar-refractivity contribution in [2.45, 2.75) is 26.1 Å². The maximum Gasteiger partial charge on any atom is 0.338 e. The number of carbonyl (C=O) groups excluding carboxylic acids is 2. The number of anilines is 1. The first kappa shape index (κ1) is 17.3. The number of rotatable bonds is 4. The van der Waals surface area contributed by atoms with Crippen molar-refractivity contribution in [1.82, 2.24) is 4.90 Å². The SMILES string of the molecule is CC1CN(C(=O)COC(=O)c2cccc(N(C)C)c2)CC(C)O1. The van der Waals surface area contributed by atoms with Gasteiger partial charge in [-0.1, -0.05) is 6.07 Å². The van der Waals surface area contributed by atoms with Gasteiger partial charge in [-0.15, -0.1) is 0 Å². The molecule has 0 bridgehead atoms. The molecule has 0 aliphatic carbocycles. The second-order valence-corrected chi connectivity index (χ2v) is 6.08. The summed E-state index contributed by atoms with van der Waals surface area (Å²) in [5, 5.41) is 0. The van der Waals surface area contributed by atoms with Crippen molar-refractivity contribution < 1.29 is 19.1 Å². The Morgan fingerprint density at radius 3 is 2.52 bits per heavy atom. The first-order valence-electron chi connectivity index (χ1n) is 7.74. The third kappa shape index (κ3) is 4.69. The van der Waals surface area contributed by atoms with E-state index in [4.69, 9.17) is 9.47 Å². The summed E-state index contributed by atoms with van der Waals surface area (Å²) >= 11 is 0. The zero-order valence-electron chi connectivity index (χ0n) is 14.1. The Morgan fingerprint density at radius 2 is 1.91 bits per heavy atom. The molecule has 0 N–H and O–H groups in total. The first-order valence-corrected chi connectivity index (χ1v) is 7.74. The van der Waals surface area contributed by atoms with Crippen LogP contribution in [-0.2, 0) is 14.3 Å². The molecular formula is C17H24N2O4. The van der Waals surface area contributed by atoms with Gasteiger partial charge in [0, 0.05) is 32.9 Å². The van der Waals surface area contributed by atoms with E-state index in [1.165, 1.54) is 0 Å². The van der Waals surface area contributed by atoms with Crippen LogP contribution in [0.1, 0.15) is 24.2 Å². The number of hydrogen-bond acceptors (Lipinski definition) is 5. The molecule has 0 radical (unpaired) electrons. The highest BCUT2D eigenvalue weighted by molar-refractivity contribution is 5.92. The molecule has 6 heteroatoms. The van der Waals surface area contributed by atoms with Crippen molar-refractivity contribution in [2.24, 2.45) is 0 Å². The average Bonchev–Trinajstić information content (AvgIpc) is 2.51. The Bertz CT molecular complexity index is 563. The Hall–Kier alpha value is -2.08. The van der Waals surface area contributed by atoms with Crippen molar-refractivity contribution in [1.29, 1.82) is 0 Å². The molecule has 1 saturated heterocycles. The Balaban J connectivity index is 1.91. The quantitative estimate of drug-likeness (QED) is 0.788. The lowest BCUT2D eigenvalue weighted by atomic mass is 10.2.